The molecular formula is C11H17N3O2. The Morgan fingerprint density at radius 2 is 2.44 bits per heavy atom. The van der Waals surface area contributed by atoms with Gasteiger partial charge in [-0.1, -0.05) is 12.1 Å². The second-order valence-electron chi connectivity index (χ2n) is 4.50. The lowest BCUT2D eigenvalue weighted by Crippen LogP contribution is -2.39. The van der Waals surface area contributed by atoms with E-state index in [2.05, 4.69) is 17.1 Å². The highest BCUT2D eigenvalue weighted by atomic mass is 16.5. The van der Waals surface area contributed by atoms with Gasteiger partial charge in [0.15, 0.2) is 5.82 Å². The van der Waals surface area contributed by atoms with Crippen LogP contribution in [0.4, 0.5) is 0 Å². The topological polar surface area (TPSA) is 59.2 Å². The fourth-order valence-electron chi connectivity index (χ4n) is 2.07. The molecule has 0 bridgehead atoms. The summed E-state index contributed by atoms with van der Waals surface area (Å²) in [6.45, 7) is 5.64. The van der Waals surface area contributed by atoms with Crippen LogP contribution in [0.3, 0.4) is 0 Å². The first kappa shape index (κ1) is 11.1. The number of piperidine rings is 1. The Morgan fingerprint density at radius 1 is 1.62 bits per heavy atom. The Labute approximate surface area is 94.8 Å². The highest BCUT2D eigenvalue weighted by Crippen LogP contribution is 2.16. The molecule has 1 aliphatic heterocycles. The minimum atomic E-state index is 0.0928. The van der Waals surface area contributed by atoms with Crippen LogP contribution in [0.25, 0.3) is 0 Å². The maximum atomic E-state index is 11.9. The summed E-state index contributed by atoms with van der Waals surface area (Å²) in [4.78, 5) is 17.9. The second kappa shape index (κ2) is 4.63. The molecule has 5 nitrogen and oxygen atoms in total. The quantitative estimate of drug-likeness (QED) is 0.755. The van der Waals surface area contributed by atoms with Crippen molar-refractivity contribution in [2.24, 2.45) is 5.92 Å². The molecule has 1 aliphatic rings. The average Bonchev–Trinajstić information content (AvgIpc) is 2.64. The lowest BCUT2D eigenvalue weighted by atomic mass is 10.00. The summed E-state index contributed by atoms with van der Waals surface area (Å²) >= 11 is 0. The molecule has 1 saturated heterocycles. The van der Waals surface area contributed by atoms with Gasteiger partial charge in [-0.25, -0.2) is 0 Å². The molecule has 0 aromatic carbocycles. The molecule has 88 valence electrons. The lowest BCUT2D eigenvalue weighted by molar-refractivity contribution is -0.132. The van der Waals surface area contributed by atoms with Crippen LogP contribution in [0.2, 0.25) is 0 Å². The molecule has 0 spiro atoms. The van der Waals surface area contributed by atoms with Gasteiger partial charge in [0.1, 0.15) is 6.42 Å². The number of aryl methyl sites for hydroxylation is 1. The zero-order valence-corrected chi connectivity index (χ0v) is 9.77. The standard InChI is InChI=1S/C11H17N3O2/c1-8-4-3-5-14(7-8)11(15)6-10-12-9(2)13-16-10/h8H,3-7H2,1-2H3. The average molecular weight is 223 g/mol. The predicted molar refractivity (Wildman–Crippen MR) is 57.7 cm³/mol. The van der Waals surface area contributed by atoms with Crippen LogP contribution in [0.15, 0.2) is 4.52 Å². The fraction of sp³-hybridized carbons (Fsp3) is 0.727. The van der Waals surface area contributed by atoms with Crippen LogP contribution in [-0.4, -0.2) is 34.0 Å². The van der Waals surface area contributed by atoms with Crippen molar-refractivity contribution in [1.82, 2.24) is 15.0 Å². The molecule has 1 fully saturated rings. The third kappa shape index (κ3) is 2.59. The van der Waals surface area contributed by atoms with Gasteiger partial charge in [-0.15, -0.1) is 0 Å². The first-order chi connectivity index (χ1) is 7.65. The summed E-state index contributed by atoms with van der Waals surface area (Å²) in [5.41, 5.74) is 0. The second-order valence-corrected chi connectivity index (χ2v) is 4.50. The van der Waals surface area contributed by atoms with Crippen molar-refractivity contribution in [1.29, 1.82) is 0 Å². The lowest BCUT2D eigenvalue weighted by Gasteiger charge is -2.30. The molecule has 0 N–H and O–H groups in total. The van der Waals surface area contributed by atoms with Crippen molar-refractivity contribution in [2.45, 2.75) is 33.1 Å². The molecule has 1 aromatic heterocycles. The van der Waals surface area contributed by atoms with E-state index in [0.29, 0.717) is 17.6 Å². The smallest absolute Gasteiger partial charge is 0.236 e. The van der Waals surface area contributed by atoms with E-state index in [1.807, 2.05) is 4.90 Å². The zero-order valence-electron chi connectivity index (χ0n) is 9.77. The maximum absolute atomic E-state index is 11.9. The van der Waals surface area contributed by atoms with Crippen molar-refractivity contribution in [3.8, 4) is 0 Å². The normalized spacial score (nSPS) is 21.1. The number of aromatic nitrogens is 2. The molecule has 1 aromatic rings. The van der Waals surface area contributed by atoms with Crippen LogP contribution in [-0.2, 0) is 11.2 Å². The number of likely N-dealkylation sites (tertiary alicyclic amines) is 1. The van der Waals surface area contributed by atoms with E-state index in [9.17, 15) is 4.79 Å². The molecule has 1 unspecified atom stereocenters. The van der Waals surface area contributed by atoms with E-state index in [0.717, 1.165) is 19.5 Å². The molecule has 0 aliphatic carbocycles. The van der Waals surface area contributed by atoms with Crippen molar-refractivity contribution in [3.05, 3.63) is 11.7 Å². The number of nitrogens with zero attached hydrogens (tertiary/aromatic N) is 3. The summed E-state index contributed by atoms with van der Waals surface area (Å²) in [6, 6.07) is 0. The number of carbonyl (C=O) groups is 1. The third-order valence-electron chi connectivity index (χ3n) is 2.88. The number of amides is 1. The molecular weight excluding hydrogens is 206 g/mol. The van der Waals surface area contributed by atoms with E-state index < -0.39 is 0 Å². The maximum Gasteiger partial charge on any atom is 0.236 e. The van der Waals surface area contributed by atoms with Crippen molar-refractivity contribution in [2.75, 3.05) is 13.1 Å². The van der Waals surface area contributed by atoms with Gasteiger partial charge < -0.3 is 9.42 Å². The minimum Gasteiger partial charge on any atom is -0.342 e. The fourth-order valence-corrected chi connectivity index (χ4v) is 2.07. The Bertz CT molecular complexity index is 375. The van der Waals surface area contributed by atoms with Crippen LogP contribution in [0, 0.1) is 12.8 Å². The number of carbonyl (C=O) groups excluding carboxylic acids is 1. The van der Waals surface area contributed by atoms with E-state index in [1.165, 1.54) is 6.42 Å². The summed E-state index contributed by atoms with van der Waals surface area (Å²) in [5, 5.41) is 3.67. The summed E-state index contributed by atoms with van der Waals surface area (Å²) in [6.07, 6.45) is 2.53. The first-order valence-electron chi connectivity index (χ1n) is 5.72. The third-order valence-corrected chi connectivity index (χ3v) is 2.88. The Morgan fingerprint density at radius 3 is 3.06 bits per heavy atom. The molecule has 5 heteroatoms. The molecule has 1 amide bonds. The van der Waals surface area contributed by atoms with E-state index in [4.69, 9.17) is 4.52 Å². The van der Waals surface area contributed by atoms with Gasteiger partial charge in [0.2, 0.25) is 11.8 Å². The monoisotopic (exact) mass is 223 g/mol. The van der Waals surface area contributed by atoms with Gasteiger partial charge >= 0.3 is 0 Å². The highest BCUT2D eigenvalue weighted by molar-refractivity contribution is 5.77. The Kier molecular flexibility index (Phi) is 3.22. The van der Waals surface area contributed by atoms with Crippen LogP contribution in [0.5, 0.6) is 0 Å². The summed E-state index contributed by atoms with van der Waals surface area (Å²) < 4.78 is 4.94. The predicted octanol–water partition coefficient (Wildman–Crippen LogP) is 1.18. The van der Waals surface area contributed by atoms with Crippen LogP contribution in [0.1, 0.15) is 31.5 Å². The van der Waals surface area contributed by atoms with Gasteiger partial charge in [-0.3, -0.25) is 4.79 Å². The van der Waals surface area contributed by atoms with E-state index >= 15 is 0 Å². The van der Waals surface area contributed by atoms with Crippen molar-refractivity contribution >= 4 is 5.91 Å². The zero-order chi connectivity index (χ0) is 11.5. The number of rotatable bonds is 2. The molecule has 0 radical (unpaired) electrons. The van der Waals surface area contributed by atoms with Gasteiger partial charge in [0.25, 0.3) is 0 Å². The van der Waals surface area contributed by atoms with Crippen LogP contribution < -0.4 is 0 Å². The van der Waals surface area contributed by atoms with E-state index in [-0.39, 0.29) is 12.3 Å². The van der Waals surface area contributed by atoms with Gasteiger partial charge in [-0.2, -0.15) is 4.98 Å². The van der Waals surface area contributed by atoms with Crippen molar-refractivity contribution in [3.63, 3.8) is 0 Å². The molecule has 0 saturated carbocycles. The molecule has 2 heterocycles. The largest absolute Gasteiger partial charge is 0.342 e. The van der Waals surface area contributed by atoms with Crippen molar-refractivity contribution < 1.29 is 9.32 Å². The van der Waals surface area contributed by atoms with Gasteiger partial charge in [0, 0.05) is 13.1 Å². The summed E-state index contributed by atoms with van der Waals surface area (Å²) in [5.74, 6) is 1.69. The first-order valence-corrected chi connectivity index (χ1v) is 5.72. The van der Waals surface area contributed by atoms with Crippen LogP contribution >= 0.6 is 0 Å². The van der Waals surface area contributed by atoms with Gasteiger partial charge in [-0.05, 0) is 25.7 Å². The Hall–Kier alpha value is -1.39. The Balaban J connectivity index is 1.92. The SMILES string of the molecule is Cc1noc(CC(=O)N2CCCC(C)C2)n1. The van der Waals surface area contributed by atoms with E-state index in [1.54, 1.807) is 6.92 Å². The molecule has 1 atom stereocenters. The highest BCUT2D eigenvalue weighted by Gasteiger charge is 2.22. The number of hydrogen-bond donors (Lipinski definition) is 0. The minimum absolute atomic E-state index is 0.0928. The molecule has 16 heavy (non-hydrogen) atoms. The molecule has 2 rings (SSSR count). The van der Waals surface area contributed by atoms with Gasteiger partial charge in [0.05, 0.1) is 0 Å². The number of hydrogen-bond acceptors (Lipinski definition) is 4. The summed E-state index contributed by atoms with van der Waals surface area (Å²) in [7, 11) is 0.